The highest BCUT2D eigenvalue weighted by atomic mass is 16.3. The summed E-state index contributed by atoms with van der Waals surface area (Å²) in [5.41, 5.74) is 3.55. The maximum atomic E-state index is 12.4. The molecular formula is C18H15N5O2. The number of benzene rings is 1. The average molecular weight is 333 g/mol. The largest absolute Gasteiger partial charge is 0.466 e. The van der Waals surface area contributed by atoms with Crippen LogP contribution in [0.3, 0.4) is 0 Å². The first-order valence-electron chi connectivity index (χ1n) is 7.76. The standard InChI is InChI=1S/C18H15N5O2/c1-11-8-15(12(2)25-11)18(24)20-14-5-3-4-13(9-14)16-6-7-17-21-19-10-23(17)22-16/h3-10H,1-2H3,(H,20,24). The lowest BCUT2D eigenvalue weighted by Crippen LogP contribution is -2.12. The molecule has 124 valence electrons. The molecular weight excluding hydrogens is 318 g/mol. The van der Waals surface area contributed by atoms with Gasteiger partial charge in [-0.05, 0) is 44.2 Å². The van der Waals surface area contributed by atoms with E-state index in [9.17, 15) is 4.79 Å². The van der Waals surface area contributed by atoms with E-state index in [1.807, 2.05) is 43.3 Å². The fourth-order valence-corrected chi connectivity index (χ4v) is 2.69. The summed E-state index contributed by atoms with van der Waals surface area (Å²) in [7, 11) is 0. The molecule has 0 aliphatic rings. The highest BCUT2D eigenvalue weighted by Gasteiger charge is 2.14. The molecule has 25 heavy (non-hydrogen) atoms. The molecule has 0 radical (unpaired) electrons. The van der Waals surface area contributed by atoms with Gasteiger partial charge in [0.05, 0.1) is 11.3 Å². The van der Waals surface area contributed by atoms with Crippen molar-refractivity contribution < 1.29 is 9.21 Å². The van der Waals surface area contributed by atoms with Crippen LogP contribution in [-0.4, -0.2) is 25.7 Å². The molecule has 7 heteroatoms. The monoisotopic (exact) mass is 333 g/mol. The van der Waals surface area contributed by atoms with Crippen molar-refractivity contribution in [1.82, 2.24) is 19.8 Å². The van der Waals surface area contributed by atoms with E-state index >= 15 is 0 Å². The van der Waals surface area contributed by atoms with Crippen LogP contribution >= 0.6 is 0 Å². The van der Waals surface area contributed by atoms with Crippen molar-refractivity contribution in [3.05, 3.63) is 65.9 Å². The zero-order valence-electron chi connectivity index (χ0n) is 13.7. The van der Waals surface area contributed by atoms with Gasteiger partial charge >= 0.3 is 0 Å². The van der Waals surface area contributed by atoms with Crippen LogP contribution in [0.15, 0.2) is 53.2 Å². The molecule has 0 fully saturated rings. The summed E-state index contributed by atoms with van der Waals surface area (Å²) in [6.07, 6.45) is 1.55. The summed E-state index contributed by atoms with van der Waals surface area (Å²) >= 11 is 0. The predicted molar refractivity (Wildman–Crippen MR) is 92.4 cm³/mol. The highest BCUT2D eigenvalue weighted by molar-refractivity contribution is 6.05. The summed E-state index contributed by atoms with van der Waals surface area (Å²) < 4.78 is 7.02. The third-order valence-corrected chi connectivity index (χ3v) is 3.86. The fraction of sp³-hybridized carbons (Fsp3) is 0.111. The molecule has 3 aromatic heterocycles. The minimum absolute atomic E-state index is 0.200. The number of nitrogens with one attached hydrogen (secondary N) is 1. The average Bonchev–Trinajstić information content (AvgIpc) is 3.20. The van der Waals surface area contributed by atoms with Gasteiger partial charge in [0.15, 0.2) is 5.65 Å². The van der Waals surface area contributed by atoms with E-state index in [4.69, 9.17) is 4.42 Å². The van der Waals surface area contributed by atoms with Crippen molar-refractivity contribution in [2.45, 2.75) is 13.8 Å². The Labute approximate surface area is 143 Å². The Bertz CT molecular complexity index is 1080. The second-order valence-corrected chi connectivity index (χ2v) is 5.71. The van der Waals surface area contributed by atoms with Gasteiger partial charge in [-0.1, -0.05) is 12.1 Å². The second-order valence-electron chi connectivity index (χ2n) is 5.71. The van der Waals surface area contributed by atoms with Gasteiger partial charge < -0.3 is 9.73 Å². The first-order valence-corrected chi connectivity index (χ1v) is 7.76. The van der Waals surface area contributed by atoms with Crippen molar-refractivity contribution in [3.8, 4) is 11.3 Å². The van der Waals surface area contributed by atoms with Gasteiger partial charge in [-0.25, -0.2) is 0 Å². The minimum Gasteiger partial charge on any atom is -0.466 e. The Morgan fingerprint density at radius 2 is 2.04 bits per heavy atom. The molecule has 1 aromatic carbocycles. The molecule has 3 heterocycles. The number of carbonyl (C=O) groups excluding carboxylic acids is 1. The van der Waals surface area contributed by atoms with Gasteiger partial charge in [-0.2, -0.15) is 9.61 Å². The molecule has 1 amide bonds. The van der Waals surface area contributed by atoms with E-state index in [1.165, 1.54) is 0 Å². The van der Waals surface area contributed by atoms with Crippen molar-refractivity contribution in [2.75, 3.05) is 5.32 Å². The summed E-state index contributed by atoms with van der Waals surface area (Å²) in [6.45, 7) is 3.59. The van der Waals surface area contributed by atoms with Gasteiger partial charge in [0, 0.05) is 11.3 Å². The number of amides is 1. The van der Waals surface area contributed by atoms with Crippen LogP contribution < -0.4 is 5.32 Å². The predicted octanol–water partition coefficient (Wildman–Crippen LogP) is 3.25. The summed E-state index contributed by atoms with van der Waals surface area (Å²) in [6, 6.07) is 13.0. The molecule has 4 aromatic rings. The molecule has 0 saturated heterocycles. The smallest absolute Gasteiger partial charge is 0.259 e. The lowest BCUT2D eigenvalue weighted by atomic mass is 10.1. The van der Waals surface area contributed by atoms with Gasteiger partial charge in [0.1, 0.15) is 17.8 Å². The second kappa shape index (κ2) is 5.86. The van der Waals surface area contributed by atoms with E-state index in [0.29, 0.717) is 28.4 Å². The van der Waals surface area contributed by atoms with E-state index in [2.05, 4.69) is 20.6 Å². The zero-order chi connectivity index (χ0) is 17.4. The molecule has 0 spiro atoms. The summed E-state index contributed by atoms with van der Waals surface area (Å²) in [4.78, 5) is 12.4. The third-order valence-electron chi connectivity index (χ3n) is 3.86. The van der Waals surface area contributed by atoms with Crippen LogP contribution in [0.4, 0.5) is 5.69 Å². The Kier molecular flexibility index (Phi) is 3.53. The topological polar surface area (TPSA) is 85.3 Å². The van der Waals surface area contributed by atoms with E-state index < -0.39 is 0 Å². The van der Waals surface area contributed by atoms with Crippen molar-refractivity contribution in [3.63, 3.8) is 0 Å². The Hall–Kier alpha value is -3.48. The minimum atomic E-state index is -0.200. The molecule has 0 aliphatic heterocycles. The van der Waals surface area contributed by atoms with Crippen LogP contribution in [0, 0.1) is 13.8 Å². The molecule has 0 aliphatic carbocycles. The first kappa shape index (κ1) is 15.1. The Balaban J connectivity index is 1.62. The van der Waals surface area contributed by atoms with E-state index in [1.54, 1.807) is 23.8 Å². The van der Waals surface area contributed by atoms with Crippen LogP contribution in [0.2, 0.25) is 0 Å². The maximum Gasteiger partial charge on any atom is 0.259 e. The lowest BCUT2D eigenvalue weighted by molar-refractivity contribution is 0.102. The number of carbonyl (C=O) groups is 1. The number of hydrogen-bond donors (Lipinski definition) is 1. The number of anilines is 1. The van der Waals surface area contributed by atoms with Crippen LogP contribution in [-0.2, 0) is 0 Å². The van der Waals surface area contributed by atoms with Crippen LogP contribution in [0.25, 0.3) is 16.9 Å². The fourth-order valence-electron chi connectivity index (χ4n) is 2.69. The first-order chi connectivity index (χ1) is 12.1. The molecule has 0 saturated carbocycles. The number of fused-ring (bicyclic) bond motifs is 1. The zero-order valence-corrected chi connectivity index (χ0v) is 13.7. The van der Waals surface area contributed by atoms with Gasteiger partial charge in [0.2, 0.25) is 0 Å². The lowest BCUT2D eigenvalue weighted by Gasteiger charge is -2.07. The van der Waals surface area contributed by atoms with Gasteiger partial charge in [-0.15, -0.1) is 10.2 Å². The highest BCUT2D eigenvalue weighted by Crippen LogP contribution is 2.22. The normalized spacial score (nSPS) is 11.0. The third kappa shape index (κ3) is 2.87. The number of nitrogens with zero attached hydrogens (tertiary/aromatic N) is 4. The number of aryl methyl sites for hydroxylation is 2. The number of hydrogen-bond acceptors (Lipinski definition) is 5. The van der Waals surface area contributed by atoms with E-state index in [0.717, 1.165) is 11.3 Å². The number of furan rings is 1. The molecule has 0 unspecified atom stereocenters. The number of rotatable bonds is 3. The van der Waals surface area contributed by atoms with E-state index in [-0.39, 0.29) is 5.91 Å². The van der Waals surface area contributed by atoms with Gasteiger partial charge in [0.25, 0.3) is 5.91 Å². The Morgan fingerprint density at radius 1 is 1.16 bits per heavy atom. The molecule has 7 nitrogen and oxygen atoms in total. The van der Waals surface area contributed by atoms with Crippen molar-refractivity contribution >= 4 is 17.2 Å². The molecule has 0 bridgehead atoms. The number of aromatic nitrogens is 4. The summed E-state index contributed by atoms with van der Waals surface area (Å²) in [5, 5.41) is 15.1. The quantitative estimate of drug-likeness (QED) is 0.622. The SMILES string of the molecule is Cc1cc(C(=O)Nc2cccc(-c3ccc4nncn4n3)c2)c(C)o1. The van der Waals surface area contributed by atoms with Crippen LogP contribution in [0.1, 0.15) is 21.9 Å². The molecule has 1 N–H and O–H groups in total. The van der Waals surface area contributed by atoms with Crippen molar-refractivity contribution in [2.24, 2.45) is 0 Å². The van der Waals surface area contributed by atoms with Crippen molar-refractivity contribution in [1.29, 1.82) is 0 Å². The Morgan fingerprint density at radius 3 is 2.84 bits per heavy atom. The maximum absolute atomic E-state index is 12.4. The van der Waals surface area contributed by atoms with Gasteiger partial charge in [-0.3, -0.25) is 4.79 Å². The van der Waals surface area contributed by atoms with Crippen LogP contribution in [0.5, 0.6) is 0 Å². The molecule has 0 atom stereocenters. The molecule has 4 rings (SSSR count). The summed E-state index contributed by atoms with van der Waals surface area (Å²) in [5.74, 6) is 1.11.